The number of rotatable bonds is 6. The standard InChI is InChI=1S/C17H24N2O4/c1-11(16(22)23)9-18-14(20)12-5-7-13(8-6-12)15(21)19-10-17(2,3)4/h5-8,11H,9-10H2,1-4H3,(H,18,20)(H,19,21)(H,22,23). The normalized spacial score (nSPS) is 12.3. The van der Waals surface area contributed by atoms with Crippen molar-refractivity contribution in [2.75, 3.05) is 13.1 Å². The van der Waals surface area contributed by atoms with E-state index in [1.54, 1.807) is 24.3 Å². The van der Waals surface area contributed by atoms with Gasteiger partial charge in [-0.25, -0.2) is 0 Å². The van der Waals surface area contributed by atoms with Crippen LogP contribution in [0.25, 0.3) is 0 Å². The van der Waals surface area contributed by atoms with Crippen LogP contribution in [0, 0.1) is 11.3 Å². The highest BCUT2D eigenvalue weighted by Crippen LogP contribution is 2.11. The molecule has 1 atom stereocenters. The Kier molecular flexibility index (Phi) is 6.30. The van der Waals surface area contributed by atoms with Crippen molar-refractivity contribution in [3.05, 3.63) is 35.4 Å². The van der Waals surface area contributed by atoms with Gasteiger partial charge < -0.3 is 15.7 Å². The number of carbonyl (C=O) groups excluding carboxylic acids is 2. The molecule has 0 aliphatic carbocycles. The number of carbonyl (C=O) groups is 3. The fourth-order valence-corrected chi connectivity index (χ4v) is 1.66. The van der Waals surface area contributed by atoms with Crippen LogP contribution < -0.4 is 10.6 Å². The summed E-state index contributed by atoms with van der Waals surface area (Å²) in [7, 11) is 0. The molecule has 1 rings (SSSR count). The van der Waals surface area contributed by atoms with Crippen LogP contribution in [0.15, 0.2) is 24.3 Å². The zero-order valence-corrected chi connectivity index (χ0v) is 14.0. The number of hydrogen-bond acceptors (Lipinski definition) is 3. The Morgan fingerprint density at radius 2 is 1.43 bits per heavy atom. The fourth-order valence-electron chi connectivity index (χ4n) is 1.66. The lowest BCUT2D eigenvalue weighted by Crippen LogP contribution is -2.32. The zero-order chi connectivity index (χ0) is 17.6. The lowest BCUT2D eigenvalue weighted by molar-refractivity contribution is -0.140. The largest absolute Gasteiger partial charge is 0.481 e. The number of hydrogen-bond donors (Lipinski definition) is 3. The van der Waals surface area contributed by atoms with E-state index in [0.717, 1.165) is 0 Å². The van der Waals surface area contributed by atoms with Gasteiger partial charge in [0.2, 0.25) is 0 Å². The van der Waals surface area contributed by atoms with Crippen molar-refractivity contribution in [1.29, 1.82) is 0 Å². The second-order valence-corrected chi connectivity index (χ2v) is 6.77. The third-order valence-corrected chi connectivity index (χ3v) is 3.18. The zero-order valence-electron chi connectivity index (χ0n) is 14.0. The lowest BCUT2D eigenvalue weighted by Gasteiger charge is -2.18. The maximum atomic E-state index is 12.0. The fraction of sp³-hybridized carbons (Fsp3) is 0.471. The number of benzene rings is 1. The molecule has 0 heterocycles. The Bertz CT molecular complexity index is 573. The van der Waals surface area contributed by atoms with Crippen LogP contribution in [0.5, 0.6) is 0 Å². The molecule has 0 fully saturated rings. The third kappa shape index (κ3) is 6.50. The Labute approximate surface area is 136 Å². The molecule has 0 aromatic heterocycles. The highest BCUT2D eigenvalue weighted by molar-refractivity contribution is 5.97. The average molecular weight is 320 g/mol. The smallest absolute Gasteiger partial charge is 0.308 e. The molecule has 2 amide bonds. The molecule has 0 aliphatic heterocycles. The second-order valence-electron chi connectivity index (χ2n) is 6.77. The average Bonchev–Trinajstić information content (AvgIpc) is 2.49. The summed E-state index contributed by atoms with van der Waals surface area (Å²) in [6.45, 7) is 8.21. The molecule has 6 nitrogen and oxygen atoms in total. The van der Waals surface area contributed by atoms with Crippen LogP contribution in [-0.4, -0.2) is 36.0 Å². The van der Waals surface area contributed by atoms with Crippen molar-refractivity contribution in [2.24, 2.45) is 11.3 Å². The van der Waals surface area contributed by atoms with Crippen molar-refractivity contribution < 1.29 is 19.5 Å². The van der Waals surface area contributed by atoms with Crippen LogP contribution in [-0.2, 0) is 4.79 Å². The first-order valence-electron chi connectivity index (χ1n) is 7.49. The molecule has 1 unspecified atom stereocenters. The van der Waals surface area contributed by atoms with Crippen molar-refractivity contribution in [2.45, 2.75) is 27.7 Å². The first-order valence-corrected chi connectivity index (χ1v) is 7.49. The maximum absolute atomic E-state index is 12.0. The van der Waals surface area contributed by atoms with Gasteiger partial charge in [-0.15, -0.1) is 0 Å². The molecule has 0 aliphatic rings. The van der Waals surface area contributed by atoms with Gasteiger partial charge in [0.15, 0.2) is 0 Å². The second kappa shape index (κ2) is 7.76. The van der Waals surface area contributed by atoms with E-state index in [4.69, 9.17) is 5.11 Å². The summed E-state index contributed by atoms with van der Waals surface area (Å²) in [5.41, 5.74) is 0.857. The van der Waals surface area contributed by atoms with Crippen LogP contribution >= 0.6 is 0 Å². The minimum atomic E-state index is -0.962. The predicted molar refractivity (Wildman–Crippen MR) is 87.4 cm³/mol. The maximum Gasteiger partial charge on any atom is 0.308 e. The molecular weight excluding hydrogens is 296 g/mol. The molecule has 126 valence electrons. The van der Waals surface area contributed by atoms with E-state index in [1.807, 2.05) is 20.8 Å². The van der Waals surface area contributed by atoms with Gasteiger partial charge in [-0.3, -0.25) is 14.4 Å². The SMILES string of the molecule is CC(CNC(=O)c1ccc(C(=O)NCC(C)(C)C)cc1)C(=O)O. The molecular formula is C17H24N2O4. The summed E-state index contributed by atoms with van der Waals surface area (Å²) in [5, 5.41) is 14.2. The van der Waals surface area contributed by atoms with E-state index in [2.05, 4.69) is 10.6 Å². The van der Waals surface area contributed by atoms with Crippen LogP contribution in [0.2, 0.25) is 0 Å². The Morgan fingerprint density at radius 1 is 1.00 bits per heavy atom. The Morgan fingerprint density at radius 3 is 1.83 bits per heavy atom. The highest BCUT2D eigenvalue weighted by Gasteiger charge is 2.15. The minimum Gasteiger partial charge on any atom is -0.481 e. The van der Waals surface area contributed by atoms with Crippen molar-refractivity contribution in [1.82, 2.24) is 10.6 Å². The van der Waals surface area contributed by atoms with Gasteiger partial charge in [-0.05, 0) is 29.7 Å². The predicted octanol–water partition coefficient (Wildman–Crippen LogP) is 1.91. The molecule has 0 spiro atoms. The van der Waals surface area contributed by atoms with Crippen molar-refractivity contribution in [3.63, 3.8) is 0 Å². The molecule has 0 radical (unpaired) electrons. The van der Waals surface area contributed by atoms with Gasteiger partial charge in [-0.1, -0.05) is 27.7 Å². The van der Waals surface area contributed by atoms with Crippen LogP contribution in [0.1, 0.15) is 48.4 Å². The quantitative estimate of drug-likeness (QED) is 0.746. The summed E-state index contributed by atoms with van der Waals surface area (Å²) in [5.74, 6) is -2.16. The number of aliphatic carboxylic acids is 1. The van der Waals surface area contributed by atoms with E-state index in [0.29, 0.717) is 17.7 Å². The van der Waals surface area contributed by atoms with Gasteiger partial charge in [0.05, 0.1) is 5.92 Å². The molecule has 0 bridgehead atoms. The topological polar surface area (TPSA) is 95.5 Å². The summed E-state index contributed by atoms with van der Waals surface area (Å²) >= 11 is 0. The third-order valence-electron chi connectivity index (χ3n) is 3.18. The minimum absolute atomic E-state index is 0.00365. The van der Waals surface area contributed by atoms with E-state index in [9.17, 15) is 14.4 Å². The van der Waals surface area contributed by atoms with Gasteiger partial charge in [0, 0.05) is 24.2 Å². The monoisotopic (exact) mass is 320 g/mol. The van der Waals surface area contributed by atoms with Crippen molar-refractivity contribution in [3.8, 4) is 0 Å². The number of carboxylic acid groups (broad SMARTS) is 1. The summed E-state index contributed by atoms with van der Waals surface area (Å²) in [6, 6.07) is 6.25. The first kappa shape index (κ1) is 18.7. The Balaban J connectivity index is 2.60. The lowest BCUT2D eigenvalue weighted by atomic mass is 9.97. The van der Waals surface area contributed by atoms with Crippen LogP contribution in [0.3, 0.4) is 0 Å². The summed E-state index contributed by atoms with van der Waals surface area (Å²) in [6.07, 6.45) is 0. The molecule has 23 heavy (non-hydrogen) atoms. The summed E-state index contributed by atoms with van der Waals surface area (Å²) < 4.78 is 0. The molecule has 0 saturated heterocycles. The van der Waals surface area contributed by atoms with Gasteiger partial charge >= 0.3 is 5.97 Å². The van der Waals surface area contributed by atoms with Gasteiger partial charge in [0.1, 0.15) is 0 Å². The first-order chi connectivity index (χ1) is 10.6. The number of amides is 2. The molecule has 0 saturated carbocycles. The van der Waals surface area contributed by atoms with Crippen molar-refractivity contribution >= 4 is 17.8 Å². The number of carboxylic acids is 1. The molecule has 6 heteroatoms. The van der Waals surface area contributed by atoms with Gasteiger partial charge in [0.25, 0.3) is 11.8 Å². The molecule has 3 N–H and O–H groups in total. The molecule has 1 aromatic rings. The van der Waals surface area contributed by atoms with E-state index >= 15 is 0 Å². The highest BCUT2D eigenvalue weighted by atomic mass is 16.4. The van der Waals surface area contributed by atoms with E-state index in [-0.39, 0.29) is 23.8 Å². The number of nitrogens with one attached hydrogen (secondary N) is 2. The molecule has 1 aromatic carbocycles. The van der Waals surface area contributed by atoms with Crippen LogP contribution in [0.4, 0.5) is 0 Å². The summed E-state index contributed by atoms with van der Waals surface area (Å²) in [4.78, 5) is 34.6. The van der Waals surface area contributed by atoms with Gasteiger partial charge in [-0.2, -0.15) is 0 Å². The van der Waals surface area contributed by atoms with E-state index in [1.165, 1.54) is 6.92 Å². The Hall–Kier alpha value is -2.37. The van der Waals surface area contributed by atoms with E-state index < -0.39 is 11.9 Å².